The number of methoxy groups -OCH3 is 2. The van der Waals surface area contributed by atoms with E-state index in [0.29, 0.717) is 0 Å². The van der Waals surface area contributed by atoms with Gasteiger partial charge in [-0.1, -0.05) is 55.5 Å². The summed E-state index contributed by atoms with van der Waals surface area (Å²) in [6, 6.07) is 41.1. The lowest BCUT2D eigenvalue weighted by atomic mass is 9.73. The molecular formula is C39H32N2O2. The summed E-state index contributed by atoms with van der Waals surface area (Å²) in [6.45, 7) is 2.37. The topological polar surface area (TPSA) is 28.3 Å². The molecule has 0 bridgehead atoms. The van der Waals surface area contributed by atoms with Crippen molar-refractivity contribution >= 4 is 38.8 Å². The second-order valence-corrected chi connectivity index (χ2v) is 11.6. The van der Waals surface area contributed by atoms with E-state index < -0.39 is 0 Å². The minimum Gasteiger partial charge on any atom is -0.497 e. The molecule has 1 aliphatic rings. The Hall–Kier alpha value is -5.22. The average Bonchev–Trinajstić information content (AvgIpc) is 3.57. The molecule has 0 radical (unpaired) electrons. The molecule has 0 fully saturated rings. The summed E-state index contributed by atoms with van der Waals surface area (Å²) in [5.41, 5.74) is 9.70. The standard InChI is InChI=1S/C39H32N2O2/c1-39(23-22-38-34(25-39)32-9-5-7-11-36(32)41(38)28-15-19-30(43-3)20-16-28)26-12-21-37-33(24-26)31-8-4-6-10-35(31)40(37)27-13-17-29(42-2)18-14-27/h4-24H,25H2,1-3H3. The van der Waals surface area contributed by atoms with Crippen LogP contribution in [-0.2, 0) is 11.8 Å². The maximum atomic E-state index is 5.43. The number of allylic oxidation sites excluding steroid dienone is 1. The van der Waals surface area contributed by atoms with Crippen molar-refractivity contribution in [2.45, 2.75) is 18.8 Å². The maximum absolute atomic E-state index is 5.43. The number of fused-ring (bicyclic) bond motifs is 6. The first-order valence-corrected chi connectivity index (χ1v) is 14.7. The van der Waals surface area contributed by atoms with Gasteiger partial charge in [0.15, 0.2) is 0 Å². The molecule has 8 rings (SSSR count). The lowest BCUT2D eigenvalue weighted by Crippen LogP contribution is -2.25. The first kappa shape index (κ1) is 25.5. The van der Waals surface area contributed by atoms with Gasteiger partial charge in [0.05, 0.1) is 30.8 Å². The molecule has 0 saturated heterocycles. The largest absolute Gasteiger partial charge is 0.497 e. The highest BCUT2D eigenvalue weighted by Gasteiger charge is 2.32. The third-order valence-corrected chi connectivity index (χ3v) is 9.17. The van der Waals surface area contributed by atoms with Crippen molar-refractivity contribution in [3.8, 4) is 22.9 Å². The molecule has 5 aromatic carbocycles. The lowest BCUT2D eigenvalue weighted by molar-refractivity contribution is 0.414. The molecule has 0 spiro atoms. The zero-order valence-corrected chi connectivity index (χ0v) is 24.5. The summed E-state index contributed by atoms with van der Waals surface area (Å²) in [7, 11) is 3.41. The van der Waals surface area contributed by atoms with Crippen LogP contribution in [0.2, 0.25) is 0 Å². The van der Waals surface area contributed by atoms with E-state index in [1.165, 1.54) is 49.5 Å². The summed E-state index contributed by atoms with van der Waals surface area (Å²) in [5, 5.41) is 3.83. The van der Waals surface area contributed by atoms with E-state index in [2.05, 4.69) is 119 Å². The molecule has 1 unspecified atom stereocenters. The van der Waals surface area contributed by atoms with Gasteiger partial charge in [-0.05, 0) is 96.4 Å². The molecular weight excluding hydrogens is 528 g/mol. The number of ether oxygens (including phenoxy) is 2. The van der Waals surface area contributed by atoms with Crippen LogP contribution in [0.1, 0.15) is 23.7 Å². The summed E-state index contributed by atoms with van der Waals surface area (Å²) in [6.07, 6.45) is 5.65. The van der Waals surface area contributed by atoms with Gasteiger partial charge in [0.1, 0.15) is 11.5 Å². The normalized spacial score (nSPS) is 16.2. The maximum Gasteiger partial charge on any atom is 0.119 e. The van der Waals surface area contributed by atoms with Gasteiger partial charge in [0.2, 0.25) is 0 Å². The van der Waals surface area contributed by atoms with Crippen molar-refractivity contribution in [2.75, 3.05) is 14.2 Å². The SMILES string of the molecule is COc1ccc(-n2c3c(c4ccccc42)CC(C)(c2ccc4c(c2)c2ccccc2n4-c2ccc(OC)cc2)C=C3)cc1. The third-order valence-electron chi connectivity index (χ3n) is 9.17. The van der Waals surface area contributed by atoms with Gasteiger partial charge in [0, 0.05) is 38.6 Å². The highest BCUT2D eigenvalue weighted by Crippen LogP contribution is 2.43. The molecule has 4 heteroatoms. The molecule has 210 valence electrons. The average molecular weight is 561 g/mol. The molecule has 0 N–H and O–H groups in total. The van der Waals surface area contributed by atoms with Crippen LogP contribution in [0, 0.1) is 0 Å². The van der Waals surface area contributed by atoms with Gasteiger partial charge in [-0.3, -0.25) is 0 Å². The van der Waals surface area contributed by atoms with Crippen LogP contribution in [0.25, 0.3) is 50.2 Å². The minimum atomic E-state index is -0.153. The fourth-order valence-electron chi connectivity index (χ4n) is 6.92. The van der Waals surface area contributed by atoms with Crippen LogP contribution in [0.3, 0.4) is 0 Å². The van der Waals surface area contributed by atoms with Crippen LogP contribution >= 0.6 is 0 Å². The van der Waals surface area contributed by atoms with Crippen molar-refractivity contribution in [3.63, 3.8) is 0 Å². The minimum absolute atomic E-state index is 0.153. The Morgan fingerprint density at radius 2 is 1.14 bits per heavy atom. The molecule has 1 atom stereocenters. The summed E-state index contributed by atoms with van der Waals surface area (Å²) in [5.74, 6) is 1.72. The Bertz CT molecular complexity index is 2180. The van der Waals surface area contributed by atoms with Crippen LogP contribution in [0.4, 0.5) is 0 Å². The Labute approximate surface area is 251 Å². The molecule has 1 aliphatic carbocycles. The lowest BCUT2D eigenvalue weighted by Gasteiger charge is -2.30. The van der Waals surface area contributed by atoms with Gasteiger partial charge in [-0.25, -0.2) is 0 Å². The molecule has 0 aliphatic heterocycles. The summed E-state index contributed by atoms with van der Waals surface area (Å²) < 4.78 is 15.6. The van der Waals surface area contributed by atoms with Crippen molar-refractivity contribution in [1.82, 2.24) is 9.13 Å². The van der Waals surface area contributed by atoms with E-state index in [1.54, 1.807) is 14.2 Å². The first-order valence-electron chi connectivity index (χ1n) is 14.7. The molecule has 0 saturated carbocycles. The van der Waals surface area contributed by atoms with E-state index >= 15 is 0 Å². The van der Waals surface area contributed by atoms with E-state index in [1.807, 2.05) is 24.3 Å². The van der Waals surface area contributed by atoms with E-state index in [9.17, 15) is 0 Å². The fourth-order valence-corrected chi connectivity index (χ4v) is 6.92. The predicted molar refractivity (Wildman–Crippen MR) is 177 cm³/mol. The van der Waals surface area contributed by atoms with Gasteiger partial charge in [-0.15, -0.1) is 0 Å². The molecule has 2 aromatic heterocycles. The second kappa shape index (κ2) is 9.67. The van der Waals surface area contributed by atoms with E-state index in [-0.39, 0.29) is 5.41 Å². The van der Waals surface area contributed by atoms with Gasteiger partial charge in [-0.2, -0.15) is 0 Å². The first-order chi connectivity index (χ1) is 21.1. The molecule has 2 heterocycles. The quantitative estimate of drug-likeness (QED) is 0.210. The highest BCUT2D eigenvalue weighted by molar-refractivity contribution is 6.09. The van der Waals surface area contributed by atoms with E-state index in [0.717, 1.165) is 29.3 Å². The van der Waals surface area contributed by atoms with Crippen molar-refractivity contribution in [2.24, 2.45) is 0 Å². The number of rotatable bonds is 5. The number of aromatic nitrogens is 2. The second-order valence-electron chi connectivity index (χ2n) is 11.6. The Morgan fingerprint density at radius 1 is 0.581 bits per heavy atom. The molecule has 43 heavy (non-hydrogen) atoms. The number of hydrogen-bond donors (Lipinski definition) is 0. The van der Waals surface area contributed by atoms with Crippen molar-refractivity contribution in [1.29, 1.82) is 0 Å². The van der Waals surface area contributed by atoms with Crippen LogP contribution in [0.15, 0.2) is 121 Å². The predicted octanol–water partition coefficient (Wildman–Crippen LogP) is 9.27. The van der Waals surface area contributed by atoms with Gasteiger partial charge >= 0.3 is 0 Å². The summed E-state index contributed by atoms with van der Waals surface area (Å²) >= 11 is 0. The number of nitrogens with zero attached hydrogens (tertiary/aromatic N) is 2. The number of para-hydroxylation sites is 2. The van der Waals surface area contributed by atoms with Gasteiger partial charge in [0.25, 0.3) is 0 Å². The van der Waals surface area contributed by atoms with E-state index in [4.69, 9.17) is 9.47 Å². The highest BCUT2D eigenvalue weighted by atomic mass is 16.5. The fraction of sp³-hybridized carbons (Fsp3) is 0.128. The third kappa shape index (κ3) is 3.90. The van der Waals surface area contributed by atoms with Crippen LogP contribution < -0.4 is 9.47 Å². The smallest absolute Gasteiger partial charge is 0.119 e. The number of hydrogen-bond acceptors (Lipinski definition) is 2. The van der Waals surface area contributed by atoms with Crippen LogP contribution in [-0.4, -0.2) is 23.4 Å². The van der Waals surface area contributed by atoms with Crippen molar-refractivity contribution in [3.05, 3.63) is 138 Å². The Morgan fingerprint density at radius 3 is 1.79 bits per heavy atom. The number of benzene rings is 5. The van der Waals surface area contributed by atoms with Crippen LogP contribution in [0.5, 0.6) is 11.5 Å². The Balaban J connectivity index is 1.27. The summed E-state index contributed by atoms with van der Waals surface area (Å²) in [4.78, 5) is 0. The monoisotopic (exact) mass is 560 g/mol. The zero-order valence-electron chi connectivity index (χ0n) is 24.5. The molecule has 0 amide bonds. The van der Waals surface area contributed by atoms with Gasteiger partial charge < -0.3 is 18.6 Å². The zero-order chi connectivity index (χ0) is 29.1. The Kier molecular flexibility index (Phi) is 5.73. The molecule has 4 nitrogen and oxygen atoms in total. The molecule has 7 aromatic rings. The van der Waals surface area contributed by atoms with Crippen molar-refractivity contribution < 1.29 is 9.47 Å².